The summed E-state index contributed by atoms with van der Waals surface area (Å²) in [6.07, 6.45) is 5.62. The molecular formula is C12H17N3. The maximum atomic E-state index is 5.92. The number of nitrogens with two attached hydrogens (primary N) is 1. The molecule has 1 saturated carbocycles. The SMILES string of the molecule is NC1CC1c1cccnc1N1CCCC1. The highest BCUT2D eigenvalue weighted by atomic mass is 15.2. The van der Waals surface area contributed by atoms with Gasteiger partial charge in [-0.25, -0.2) is 4.98 Å². The largest absolute Gasteiger partial charge is 0.356 e. The van der Waals surface area contributed by atoms with Gasteiger partial charge in [0, 0.05) is 31.2 Å². The van der Waals surface area contributed by atoms with Crippen molar-refractivity contribution in [3.63, 3.8) is 0 Å². The zero-order valence-corrected chi connectivity index (χ0v) is 8.89. The summed E-state index contributed by atoms with van der Waals surface area (Å²) >= 11 is 0. The fourth-order valence-electron chi connectivity index (χ4n) is 2.46. The van der Waals surface area contributed by atoms with E-state index in [1.165, 1.54) is 24.2 Å². The van der Waals surface area contributed by atoms with Gasteiger partial charge in [0.15, 0.2) is 0 Å². The fraction of sp³-hybridized carbons (Fsp3) is 0.583. The van der Waals surface area contributed by atoms with Crippen molar-refractivity contribution >= 4 is 5.82 Å². The lowest BCUT2D eigenvalue weighted by atomic mass is 10.1. The summed E-state index contributed by atoms with van der Waals surface area (Å²) in [7, 11) is 0. The molecule has 2 N–H and O–H groups in total. The number of pyridine rings is 1. The van der Waals surface area contributed by atoms with E-state index in [1.807, 2.05) is 12.3 Å². The van der Waals surface area contributed by atoms with Crippen LogP contribution >= 0.6 is 0 Å². The molecule has 2 fully saturated rings. The monoisotopic (exact) mass is 203 g/mol. The first-order chi connectivity index (χ1) is 7.36. The highest BCUT2D eigenvalue weighted by molar-refractivity contribution is 5.51. The van der Waals surface area contributed by atoms with Gasteiger partial charge in [0.25, 0.3) is 0 Å². The third kappa shape index (κ3) is 1.61. The molecule has 0 radical (unpaired) electrons. The predicted octanol–water partition coefficient (Wildman–Crippen LogP) is 1.50. The summed E-state index contributed by atoms with van der Waals surface area (Å²) in [6.45, 7) is 2.32. The molecule has 15 heavy (non-hydrogen) atoms. The Balaban J connectivity index is 1.91. The van der Waals surface area contributed by atoms with Crippen LogP contribution in [0.2, 0.25) is 0 Å². The Labute approximate surface area is 90.3 Å². The molecular weight excluding hydrogens is 186 g/mol. The summed E-state index contributed by atoms with van der Waals surface area (Å²) < 4.78 is 0. The molecule has 80 valence electrons. The average molecular weight is 203 g/mol. The Morgan fingerprint density at radius 1 is 1.33 bits per heavy atom. The van der Waals surface area contributed by atoms with Crippen molar-refractivity contribution in [1.82, 2.24) is 4.98 Å². The van der Waals surface area contributed by atoms with E-state index >= 15 is 0 Å². The molecule has 2 atom stereocenters. The molecule has 1 aliphatic heterocycles. The molecule has 2 aliphatic rings. The lowest BCUT2D eigenvalue weighted by Gasteiger charge is -2.19. The normalized spacial score (nSPS) is 29.5. The van der Waals surface area contributed by atoms with Gasteiger partial charge in [-0.1, -0.05) is 6.07 Å². The number of hydrogen-bond donors (Lipinski definition) is 1. The molecule has 1 saturated heterocycles. The van der Waals surface area contributed by atoms with Crippen LogP contribution in [0.15, 0.2) is 18.3 Å². The van der Waals surface area contributed by atoms with Crippen LogP contribution in [0.25, 0.3) is 0 Å². The Morgan fingerprint density at radius 2 is 2.07 bits per heavy atom. The molecule has 0 bridgehead atoms. The molecule has 1 aromatic rings. The molecule has 0 aromatic carbocycles. The van der Waals surface area contributed by atoms with Crippen molar-refractivity contribution in [3.05, 3.63) is 23.9 Å². The molecule has 3 nitrogen and oxygen atoms in total. The Morgan fingerprint density at radius 3 is 2.73 bits per heavy atom. The van der Waals surface area contributed by atoms with E-state index in [9.17, 15) is 0 Å². The van der Waals surface area contributed by atoms with Gasteiger partial charge in [0.05, 0.1) is 0 Å². The van der Waals surface area contributed by atoms with Crippen molar-refractivity contribution in [2.24, 2.45) is 5.73 Å². The molecule has 3 rings (SSSR count). The van der Waals surface area contributed by atoms with Crippen LogP contribution in [0.3, 0.4) is 0 Å². The van der Waals surface area contributed by atoms with Crippen LogP contribution in [-0.4, -0.2) is 24.1 Å². The number of nitrogens with zero attached hydrogens (tertiary/aromatic N) is 2. The van der Waals surface area contributed by atoms with Gasteiger partial charge in [0.2, 0.25) is 0 Å². The minimum absolute atomic E-state index is 0.371. The fourth-order valence-corrected chi connectivity index (χ4v) is 2.46. The van der Waals surface area contributed by atoms with Gasteiger partial charge in [-0.2, -0.15) is 0 Å². The lowest BCUT2D eigenvalue weighted by molar-refractivity contribution is 0.898. The number of hydrogen-bond acceptors (Lipinski definition) is 3. The molecule has 1 aromatic heterocycles. The van der Waals surface area contributed by atoms with Crippen molar-refractivity contribution in [1.29, 1.82) is 0 Å². The smallest absolute Gasteiger partial charge is 0.132 e. The topological polar surface area (TPSA) is 42.1 Å². The Hall–Kier alpha value is -1.09. The summed E-state index contributed by atoms with van der Waals surface area (Å²) in [5, 5.41) is 0. The van der Waals surface area contributed by atoms with Crippen molar-refractivity contribution in [2.45, 2.75) is 31.2 Å². The van der Waals surface area contributed by atoms with Crippen LogP contribution < -0.4 is 10.6 Å². The van der Waals surface area contributed by atoms with E-state index < -0.39 is 0 Å². The minimum atomic E-state index is 0.371. The van der Waals surface area contributed by atoms with Gasteiger partial charge < -0.3 is 10.6 Å². The van der Waals surface area contributed by atoms with E-state index in [0.717, 1.165) is 19.5 Å². The summed E-state index contributed by atoms with van der Waals surface area (Å²) in [6, 6.07) is 4.59. The molecule has 3 heteroatoms. The predicted molar refractivity (Wildman–Crippen MR) is 61.0 cm³/mol. The summed E-state index contributed by atoms with van der Waals surface area (Å²) in [5.41, 5.74) is 7.29. The zero-order chi connectivity index (χ0) is 10.3. The van der Waals surface area contributed by atoms with E-state index in [4.69, 9.17) is 5.73 Å². The molecule has 2 heterocycles. The first-order valence-electron chi connectivity index (χ1n) is 5.82. The first-order valence-corrected chi connectivity index (χ1v) is 5.82. The highest BCUT2D eigenvalue weighted by Gasteiger charge is 2.37. The zero-order valence-electron chi connectivity index (χ0n) is 8.89. The Kier molecular flexibility index (Phi) is 2.13. The van der Waals surface area contributed by atoms with Gasteiger partial charge in [-0.15, -0.1) is 0 Å². The number of anilines is 1. The maximum absolute atomic E-state index is 5.92. The summed E-state index contributed by atoms with van der Waals surface area (Å²) in [5.74, 6) is 1.75. The summed E-state index contributed by atoms with van der Waals surface area (Å²) in [4.78, 5) is 6.93. The standard InChI is InChI=1S/C12H17N3/c13-11-8-10(11)9-4-3-5-14-12(9)15-6-1-2-7-15/h3-5,10-11H,1-2,6-8,13H2. The van der Waals surface area contributed by atoms with Crippen LogP contribution in [0.4, 0.5) is 5.82 Å². The van der Waals surface area contributed by atoms with Crippen LogP contribution in [0.1, 0.15) is 30.7 Å². The van der Waals surface area contributed by atoms with E-state index in [2.05, 4.69) is 16.0 Å². The minimum Gasteiger partial charge on any atom is -0.356 e. The third-order valence-corrected chi connectivity index (χ3v) is 3.46. The molecule has 0 spiro atoms. The Bertz CT molecular complexity index is 358. The lowest BCUT2D eigenvalue weighted by Crippen LogP contribution is -2.20. The molecule has 2 unspecified atom stereocenters. The van der Waals surface area contributed by atoms with Crippen molar-refractivity contribution < 1.29 is 0 Å². The second kappa shape index (κ2) is 3.49. The van der Waals surface area contributed by atoms with Crippen LogP contribution in [0, 0.1) is 0 Å². The van der Waals surface area contributed by atoms with Crippen LogP contribution in [0.5, 0.6) is 0 Å². The molecule has 1 aliphatic carbocycles. The van der Waals surface area contributed by atoms with Crippen molar-refractivity contribution in [3.8, 4) is 0 Å². The highest BCUT2D eigenvalue weighted by Crippen LogP contribution is 2.42. The number of aromatic nitrogens is 1. The maximum Gasteiger partial charge on any atom is 0.132 e. The van der Waals surface area contributed by atoms with Gasteiger partial charge >= 0.3 is 0 Å². The van der Waals surface area contributed by atoms with Crippen LogP contribution in [-0.2, 0) is 0 Å². The van der Waals surface area contributed by atoms with Gasteiger partial charge in [0.1, 0.15) is 5.82 Å². The quantitative estimate of drug-likeness (QED) is 0.792. The van der Waals surface area contributed by atoms with E-state index in [0.29, 0.717) is 12.0 Å². The third-order valence-electron chi connectivity index (χ3n) is 3.46. The van der Waals surface area contributed by atoms with Gasteiger partial charge in [-0.05, 0) is 30.9 Å². The van der Waals surface area contributed by atoms with Crippen molar-refractivity contribution in [2.75, 3.05) is 18.0 Å². The van der Waals surface area contributed by atoms with E-state index in [-0.39, 0.29) is 0 Å². The molecule has 0 amide bonds. The second-order valence-electron chi connectivity index (χ2n) is 4.62. The average Bonchev–Trinajstić information content (AvgIpc) is 2.81. The van der Waals surface area contributed by atoms with E-state index in [1.54, 1.807) is 0 Å². The first kappa shape index (κ1) is 9.16. The van der Waals surface area contributed by atoms with Gasteiger partial charge in [-0.3, -0.25) is 0 Å². The number of rotatable bonds is 2. The second-order valence-corrected chi connectivity index (χ2v) is 4.62.